The summed E-state index contributed by atoms with van der Waals surface area (Å²) in [4.78, 5) is 0. The molecule has 10 heavy (non-hydrogen) atoms. The lowest BCUT2D eigenvalue weighted by Gasteiger charge is -1.69. The summed E-state index contributed by atoms with van der Waals surface area (Å²) in [5, 5.41) is 6.79. The lowest BCUT2D eigenvalue weighted by atomic mass is 11.0. The Morgan fingerprint density at radius 2 is 1.40 bits per heavy atom. The normalized spacial score (nSPS) is 22.4. The van der Waals surface area contributed by atoms with Gasteiger partial charge in [0.1, 0.15) is 0 Å². The largest absolute Gasteiger partial charge is 0.150 e. The fourth-order valence-electron chi connectivity index (χ4n) is 0.491. The van der Waals surface area contributed by atoms with Crippen molar-refractivity contribution in [3.63, 3.8) is 0 Å². The van der Waals surface area contributed by atoms with Crippen molar-refractivity contribution >= 4 is 47.0 Å². The maximum Gasteiger partial charge on any atom is 0.0475 e. The van der Waals surface area contributed by atoms with Crippen LogP contribution in [0, 0.1) is 0 Å². The molecule has 0 aromatic rings. The number of hydrogen-bond donors (Lipinski definition) is 0. The van der Waals surface area contributed by atoms with E-state index in [2.05, 4.69) is 10.8 Å². The van der Waals surface area contributed by atoms with Crippen LogP contribution < -0.4 is 0 Å². The van der Waals surface area contributed by atoms with E-state index >= 15 is 0 Å². The standard InChI is InChI=1S/C3H6S2.C3H4S2/c2*1-2-5-3-4-1/h1-3H2;1-2H,3H2. The van der Waals surface area contributed by atoms with Crippen LogP contribution in [-0.2, 0) is 0 Å². The minimum Gasteiger partial charge on any atom is -0.150 e. The third-order valence-corrected chi connectivity index (χ3v) is 5.42. The van der Waals surface area contributed by atoms with E-state index in [-0.39, 0.29) is 0 Å². The quantitative estimate of drug-likeness (QED) is 0.601. The van der Waals surface area contributed by atoms with Crippen molar-refractivity contribution in [2.24, 2.45) is 0 Å². The molecule has 0 aromatic heterocycles. The van der Waals surface area contributed by atoms with E-state index in [9.17, 15) is 0 Å². The van der Waals surface area contributed by atoms with Crippen LogP contribution >= 0.6 is 47.0 Å². The summed E-state index contributed by atoms with van der Waals surface area (Å²) in [6, 6.07) is 0. The summed E-state index contributed by atoms with van der Waals surface area (Å²) in [5.41, 5.74) is 0. The van der Waals surface area contributed by atoms with Gasteiger partial charge in [0, 0.05) is 21.7 Å². The molecule has 0 unspecified atom stereocenters. The first-order chi connectivity index (χ1) is 5.00. The smallest absolute Gasteiger partial charge is 0.0475 e. The zero-order valence-electron chi connectivity index (χ0n) is 5.62. The highest BCUT2D eigenvalue weighted by Crippen LogP contribution is 2.22. The van der Waals surface area contributed by atoms with Gasteiger partial charge < -0.3 is 0 Å². The van der Waals surface area contributed by atoms with Crippen LogP contribution in [0.4, 0.5) is 0 Å². The average molecular weight is 210 g/mol. The highest BCUT2D eigenvalue weighted by Gasteiger charge is 1.95. The molecular weight excluding hydrogens is 200 g/mol. The van der Waals surface area contributed by atoms with Crippen molar-refractivity contribution in [1.82, 2.24) is 0 Å². The van der Waals surface area contributed by atoms with Gasteiger partial charge >= 0.3 is 0 Å². The summed E-state index contributed by atoms with van der Waals surface area (Å²) in [6.07, 6.45) is 0. The zero-order valence-corrected chi connectivity index (χ0v) is 8.88. The minimum absolute atomic E-state index is 1.22. The second-order valence-corrected chi connectivity index (χ2v) is 6.39. The molecule has 0 saturated carbocycles. The fourth-order valence-corrected chi connectivity index (χ4v) is 4.42. The summed E-state index contributed by atoms with van der Waals surface area (Å²) in [5.74, 6) is 2.76. The topological polar surface area (TPSA) is 0 Å². The molecule has 0 radical (unpaired) electrons. The molecule has 0 bridgehead atoms. The van der Waals surface area contributed by atoms with Gasteiger partial charge in [-0.15, -0.1) is 23.5 Å². The molecule has 0 spiro atoms. The molecule has 58 valence electrons. The molecule has 0 N–H and O–H groups in total. The molecular formula is C6H10S4. The maximum atomic E-state index is 2.12. The van der Waals surface area contributed by atoms with Crippen LogP contribution in [0.5, 0.6) is 0 Å². The molecule has 2 rings (SSSR count). The van der Waals surface area contributed by atoms with Gasteiger partial charge in [-0.1, -0.05) is 0 Å². The Balaban J connectivity index is 0.0000001000. The van der Waals surface area contributed by atoms with Gasteiger partial charge in [-0.05, 0) is 10.8 Å². The molecule has 2 heterocycles. The Morgan fingerprint density at radius 3 is 1.60 bits per heavy atom. The molecule has 0 aliphatic carbocycles. The van der Waals surface area contributed by atoms with Gasteiger partial charge in [-0.3, -0.25) is 0 Å². The van der Waals surface area contributed by atoms with E-state index in [1.54, 1.807) is 0 Å². The third-order valence-electron chi connectivity index (χ3n) is 0.923. The second-order valence-electron chi connectivity index (χ2n) is 1.66. The predicted octanol–water partition coefficient (Wildman–Crippen LogP) is 3.32. The van der Waals surface area contributed by atoms with Gasteiger partial charge in [0.15, 0.2) is 0 Å². The molecule has 0 atom stereocenters. The Labute approximate surface area is 79.4 Å². The molecule has 2 aliphatic heterocycles. The van der Waals surface area contributed by atoms with Crippen LogP contribution in [0.1, 0.15) is 0 Å². The molecule has 1 saturated heterocycles. The van der Waals surface area contributed by atoms with Crippen molar-refractivity contribution in [2.45, 2.75) is 0 Å². The van der Waals surface area contributed by atoms with Gasteiger partial charge in [-0.2, -0.15) is 23.5 Å². The van der Waals surface area contributed by atoms with Crippen molar-refractivity contribution in [2.75, 3.05) is 21.7 Å². The van der Waals surface area contributed by atoms with Gasteiger partial charge in [0.05, 0.1) is 0 Å². The first-order valence-corrected chi connectivity index (χ1v) is 7.44. The van der Waals surface area contributed by atoms with E-state index in [0.29, 0.717) is 0 Å². The SMILES string of the molecule is C1=CSCS1.C1CSCS1. The van der Waals surface area contributed by atoms with Crippen molar-refractivity contribution in [3.8, 4) is 0 Å². The summed E-state index contributed by atoms with van der Waals surface area (Å²) < 4.78 is 0. The maximum absolute atomic E-state index is 2.12. The van der Waals surface area contributed by atoms with Crippen LogP contribution in [0.25, 0.3) is 0 Å². The highest BCUT2D eigenvalue weighted by molar-refractivity contribution is 8.21. The monoisotopic (exact) mass is 210 g/mol. The molecule has 0 aromatic carbocycles. The van der Waals surface area contributed by atoms with Crippen LogP contribution in [0.15, 0.2) is 10.8 Å². The van der Waals surface area contributed by atoms with Crippen LogP contribution in [-0.4, -0.2) is 21.7 Å². The minimum atomic E-state index is 1.22. The second kappa shape index (κ2) is 6.83. The first kappa shape index (κ1) is 9.23. The van der Waals surface area contributed by atoms with Crippen LogP contribution in [0.3, 0.4) is 0 Å². The van der Waals surface area contributed by atoms with Crippen molar-refractivity contribution < 1.29 is 0 Å². The van der Waals surface area contributed by atoms with Gasteiger partial charge in [0.25, 0.3) is 0 Å². The van der Waals surface area contributed by atoms with Crippen molar-refractivity contribution in [3.05, 3.63) is 10.8 Å². The Kier molecular flexibility index (Phi) is 6.30. The molecule has 0 nitrogen and oxygen atoms in total. The van der Waals surface area contributed by atoms with E-state index in [4.69, 9.17) is 0 Å². The van der Waals surface area contributed by atoms with E-state index in [1.165, 1.54) is 21.7 Å². The Bertz CT molecular complexity index is 84.3. The first-order valence-electron chi connectivity index (χ1n) is 3.04. The number of rotatable bonds is 0. The lowest BCUT2D eigenvalue weighted by Crippen LogP contribution is -1.64. The molecule has 2 aliphatic rings. The van der Waals surface area contributed by atoms with Gasteiger partial charge in [0.2, 0.25) is 0 Å². The van der Waals surface area contributed by atoms with Crippen LogP contribution in [0.2, 0.25) is 0 Å². The van der Waals surface area contributed by atoms with E-state index in [1.807, 2.05) is 47.0 Å². The Hall–Kier alpha value is 1.14. The summed E-state index contributed by atoms with van der Waals surface area (Å²) >= 11 is 7.79. The zero-order chi connectivity index (χ0) is 7.07. The Morgan fingerprint density at radius 1 is 0.800 bits per heavy atom. The summed E-state index contributed by atoms with van der Waals surface area (Å²) in [7, 11) is 0. The van der Waals surface area contributed by atoms with E-state index in [0.717, 1.165) is 0 Å². The predicted molar refractivity (Wildman–Crippen MR) is 59.0 cm³/mol. The highest BCUT2D eigenvalue weighted by atomic mass is 32.2. The summed E-state index contributed by atoms with van der Waals surface area (Å²) in [6.45, 7) is 0. The van der Waals surface area contributed by atoms with Gasteiger partial charge in [-0.25, -0.2) is 0 Å². The molecule has 1 fully saturated rings. The van der Waals surface area contributed by atoms with Crippen molar-refractivity contribution in [1.29, 1.82) is 0 Å². The third kappa shape index (κ3) is 4.88. The number of thioether (sulfide) groups is 4. The fraction of sp³-hybridized carbons (Fsp3) is 0.667. The van der Waals surface area contributed by atoms with E-state index < -0.39 is 0 Å². The molecule has 4 heteroatoms. The number of hydrogen-bond acceptors (Lipinski definition) is 4. The lowest BCUT2D eigenvalue weighted by molar-refractivity contribution is 1.59. The molecule has 0 amide bonds. The average Bonchev–Trinajstić information content (AvgIpc) is 2.67.